The molecule has 5 rings (SSSR count). The Bertz CT molecular complexity index is 784. The van der Waals surface area contributed by atoms with Crippen LogP contribution in [0.5, 0.6) is 0 Å². The second-order valence-electron chi connectivity index (χ2n) is 7.77. The second kappa shape index (κ2) is 7.11. The Hall–Kier alpha value is -2.15. The van der Waals surface area contributed by atoms with E-state index in [9.17, 15) is 14.4 Å². The molecule has 27 heavy (non-hydrogen) atoms. The van der Waals surface area contributed by atoms with E-state index in [0.717, 1.165) is 19.3 Å². The molecule has 0 spiro atoms. The summed E-state index contributed by atoms with van der Waals surface area (Å²) in [5.74, 6) is 0.907. The van der Waals surface area contributed by atoms with Gasteiger partial charge >= 0.3 is 0 Å². The van der Waals surface area contributed by atoms with Crippen LogP contribution in [0.3, 0.4) is 0 Å². The van der Waals surface area contributed by atoms with Gasteiger partial charge in [0.05, 0.1) is 23.7 Å². The van der Waals surface area contributed by atoms with E-state index in [1.54, 1.807) is 18.9 Å². The molecule has 1 aromatic rings. The number of hydrogen-bond donors (Lipinski definition) is 0. The van der Waals surface area contributed by atoms with Gasteiger partial charge in [0, 0.05) is 45.6 Å². The van der Waals surface area contributed by atoms with E-state index < -0.39 is 0 Å². The van der Waals surface area contributed by atoms with E-state index in [-0.39, 0.29) is 29.6 Å². The first-order valence-electron chi connectivity index (χ1n) is 9.75. The van der Waals surface area contributed by atoms with Crippen LogP contribution in [0.1, 0.15) is 57.9 Å². The Labute approximate surface area is 158 Å². The van der Waals surface area contributed by atoms with E-state index in [4.69, 9.17) is 9.15 Å². The summed E-state index contributed by atoms with van der Waals surface area (Å²) in [6.45, 7) is 3.70. The fourth-order valence-corrected chi connectivity index (χ4v) is 4.71. The van der Waals surface area contributed by atoms with Crippen molar-refractivity contribution in [2.75, 3.05) is 33.4 Å². The van der Waals surface area contributed by atoms with Gasteiger partial charge in [0.25, 0.3) is 5.91 Å². The number of fused-ring (bicyclic) bond motifs is 5. The summed E-state index contributed by atoms with van der Waals surface area (Å²) < 4.78 is 10.9. The largest absolute Gasteiger partial charge is 0.465 e. The molecule has 1 aliphatic carbocycles. The van der Waals surface area contributed by atoms with Gasteiger partial charge in [-0.25, -0.2) is 0 Å². The Morgan fingerprint density at radius 1 is 1.22 bits per heavy atom. The summed E-state index contributed by atoms with van der Waals surface area (Å²) in [4.78, 5) is 42.2. The molecule has 1 aromatic heterocycles. The number of ketones is 1. The van der Waals surface area contributed by atoms with Crippen molar-refractivity contribution in [3.63, 3.8) is 0 Å². The minimum absolute atomic E-state index is 0.00737. The van der Waals surface area contributed by atoms with Gasteiger partial charge in [0.2, 0.25) is 5.91 Å². The normalized spacial score (nSPS) is 25.0. The van der Waals surface area contributed by atoms with Crippen molar-refractivity contribution < 1.29 is 23.5 Å². The number of carbonyl (C=O) groups is 3. The smallest absolute Gasteiger partial charge is 0.258 e. The average Bonchev–Trinajstić information content (AvgIpc) is 2.79. The Morgan fingerprint density at radius 3 is 2.81 bits per heavy atom. The topological polar surface area (TPSA) is 80.1 Å². The van der Waals surface area contributed by atoms with Gasteiger partial charge in [0.1, 0.15) is 11.5 Å². The molecule has 7 nitrogen and oxygen atoms in total. The number of methoxy groups -OCH3 is 1. The van der Waals surface area contributed by atoms with Crippen LogP contribution in [0, 0.1) is 12.8 Å². The molecule has 0 aromatic carbocycles. The molecule has 4 heterocycles. The molecule has 2 amide bonds. The number of aryl methyl sites for hydroxylation is 2. The zero-order valence-corrected chi connectivity index (χ0v) is 16.0. The van der Waals surface area contributed by atoms with Crippen LogP contribution in [-0.4, -0.2) is 66.8 Å². The molecule has 146 valence electrons. The van der Waals surface area contributed by atoms with Crippen molar-refractivity contribution >= 4 is 17.6 Å². The maximum absolute atomic E-state index is 13.4. The molecule has 0 saturated carbocycles. The van der Waals surface area contributed by atoms with Crippen molar-refractivity contribution in [2.45, 2.75) is 45.1 Å². The van der Waals surface area contributed by atoms with Gasteiger partial charge in [-0.2, -0.15) is 0 Å². The maximum atomic E-state index is 13.4. The van der Waals surface area contributed by atoms with Gasteiger partial charge in [-0.15, -0.1) is 0 Å². The molecule has 0 unspecified atom stereocenters. The van der Waals surface area contributed by atoms with Crippen molar-refractivity contribution in [1.29, 1.82) is 0 Å². The molecule has 2 atom stereocenters. The number of hydrogen-bond acceptors (Lipinski definition) is 5. The Morgan fingerprint density at radius 2 is 2.04 bits per heavy atom. The number of furan rings is 1. The van der Waals surface area contributed by atoms with E-state index in [1.807, 2.05) is 4.90 Å². The van der Waals surface area contributed by atoms with Crippen molar-refractivity contribution in [3.8, 4) is 0 Å². The Kier molecular flexibility index (Phi) is 4.80. The predicted octanol–water partition coefficient (Wildman–Crippen LogP) is 1.82. The van der Waals surface area contributed by atoms with Crippen LogP contribution in [-0.2, 0) is 16.0 Å². The summed E-state index contributed by atoms with van der Waals surface area (Å²) in [6, 6.07) is 0.00841. The monoisotopic (exact) mass is 374 g/mol. The third-order valence-corrected chi connectivity index (χ3v) is 6.07. The van der Waals surface area contributed by atoms with Crippen LogP contribution in [0.15, 0.2) is 4.42 Å². The number of Topliss-reactive ketones (excluding diaryl/α,β-unsaturated/α-hetero) is 1. The molecule has 4 aliphatic rings. The summed E-state index contributed by atoms with van der Waals surface area (Å²) in [6.07, 6.45) is 3.62. The van der Waals surface area contributed by atoms with Gasteiger partial charge in [0.15, 0.2) is 5.78 Å². The van der Waals surface area contributed by atoms with Crippen LogP contribution < -0.4 is 0 Å². The SMILES string of the molecule is COCCN1C(=O)[C@H]2CC[C@@H]1CN(C(=O)c1c(C)oc3c1C(=O)CCC3)C2. The molecule has 3 saturated heterocycles. The minimum Gasteiger partial charge on any atom is -0.465 e. The van der Waals surface area contributed by atoms with Crippen LogP contribution in [0.25, 0.3) is 0 Å². The van der Waals surface area contributed by atoms with E-state index in [2.05, 4.69) is 0 Å². The molecular formula is C20H26N2O5. The van der Waals surface area contributed by atoms with Crippen molar-refractivity contribution in [1.82, 2.24) is 9.80 Å². The fraction of sp³-hybridized carbons (Fsp3) is 0.650. The number of amides is 2. The van der Waals surface area contributed by atoms with Gasteiger partial charge in [-0.3, -0.25) is 14.4 Å². The Balaban J connectivity index is 1.62. The molecule has 3 fully saturated rings. The number of rotatable bonds is 4. The lowest BCUT2D eigenvalue weighted by molar-refractivity contribution is -0.140. The molecule has 3 aliphatic heterocycles. The zero-order valence-electron chi connectivity index (χ0n) is 16.0. The lowest BCUT2D eigenvalue weighted by atomic mass is 9.92. The maximum Gasteiger partial charge on any atom is 0.258 e. The number of nitrogens with zero attached hydrogens (tertiary/aromatic N) is 2. The summed E-state index contributed by atoms with van der Waals surface area (Å²) >= 11 is 0. The summed E-state index contributed by atoms with van der Waals surface area (Å²) in [7, 11) is 1.62. The third-order valence-electron chi connectivity index (χ3n) is 6.07. The fourth-order valence-electron chi connectivity index (χ4n) is 4.71. The third kappa shape index (κ3) is 3.08. The summed E-state index contributed by atoms with van der Waals surface area (Å²) in [5, 5.41) is 0. The lowest BCUT2D eigenvalue weighted by Gasteiger charge is -2.35. The van der Waals surface area contributed by atoms with Crippen LogP contribution in [0.2, 0.25) is 0 Å². The van der Waals surface area contributed by atoms with Gasteiger partial charge in [-0.05, 0) is 26.2 Å². The minimum atomic E-state index is -0.178. The highest BCUT2D eigenvalue weighted by molar-refractivity contribution is 6.10. The van der Waals surface area contributed by atoms with Gasteiger partial charge in [-0.1, -0.05) is 0 Å². The first-order chi connectivity index (χ1) is 13.0. The lowest BCUT2D eigenvalue weighted by Crippen LogP contribution is -2.49. The quantitative estimate of drug-likeness (QED) is 0.803. The second-order valence-corrected chi connectivity index (χ2v) is 7.77. The van der Waals surface area contributed by atoms with Crippen molar-refractivity contribution in [3.05, 3.63) is 22.6 Å². The van der Waals surface area contributed by atoms with E-state index in [1.165, 1.54) is 0 Å². The summed E-state index contributed by atoms with van der Waals surface area (Å²) in [5.41, 5.74) is 0.884. The zero-order chi connectivity index (χ0) is 19.1. The highest BCUT2D eigenvalue weighted by Crippen LogP contribution is 2.33. The first-order valence-corrected chi connectivity index (χ1v) is 9.75. The number of piperidine rings is 1. The number of ether oxygens (including phenoxy) is 1. The average molecular weight is 374 g/mol. The highest BCUT2D eigenvalue weighted by atomic mass is 16.5. The van der Waals surface area contributed by atoms with Gasteiger partial charge < -0.3 is 19.0 Å². The van der Waals surface area contributed by atoms with Crippen molar-refractivity contribution in [2.24, 2.45) is 5.92 Å². The predicted molar refractivity (Wildman–Crippen MR) is 96.7 cm³/mol. The molecule has 0 radical (unpaired) electrons. The molecule has 0 N–H and O–H groups in total. The van der Waals surface area contributed by atoms with Crippen LogP contribution in [0.4, 0.5) is 0 Å². The molecule has 7 heteroatoms. The standard InChI is InChI=1S/C20H26N2O5/c1-12-17(18-15(23)4-3-5-16(18)27-12)20(25)21-10-13-6-7-14(11-21)22(19(13)24)8-9-26-2/h13-14H,3-11H2,1-2H3/t13-,14+/m0/s1. The van der Waals surface area contributed by atoms with E-state index >= 15 is 0 Å². The highest BCUT2D eigenvalue weighted by Gasteiger charge is 2.43. The van der Waals surface area contributed by atoms with Crippen LogP contribution >= 0.6 is 0 Å². The molecular weight excluding hydrogens is 348 g/mol. The molecule has 2 bridgehead atoms. The number of carbonyl (C=O) groups excluding carboxylic acids is 3. The first kappa shape index (κ1) is 18.2. The van der Waals surface area contributed by atoms with E-state index in [0.29, 0.717) is 61.7 Å².